The maximum absolute atomic E-state index is 9.23. The summed E-state index contributed by atoms with van der Waals surface area (Å²) in [4.78, 5) is 0. The average molecular weight is 207 g/mol. The van der Waals surface area contributed by atoms with Gasteiger partial charge >= 0.3 is 0 Å². The van der Waals surface area contributed by atoms with Gasteiger partial charge in [0.15, 0.2) is 0 Å². The summed E-state index contributed by atoms with van der Waals surface area (Å²) in [5.74, 6) is 0.484. The fourth-order valence-corrected chi connectivity index (χ4v) is 1.87. The molecule has 0 heterocycles. The normalized spacial score (nSPS) is 16.3. The first-order valence-corrected chi connectivity index (χ1v) is 6.01. The molecule has 1 nitrogen and oxygen atoms in total. The Morgan fingerprint density at radius 2 is 2.07 bits per heavy atom. The van der Waals surface area contributed by atoms with Crippen LogP contribution in [-0.4, -0.2) is 0 Å². The molecule has 0 saturated carbocycles. The predicted molar refractivity (Wildman–Crippen MR) is 66.5 cm³/mol. The van der Waals surface area contributed by atoms with E-state index in [4.69, 9.17) is 0 Å². The molecule has 0 spiro atoms. The fraction of sp³-hybridized carbons (Fsp3) is 0.786. The monoisotopic (exact) mass is 207 g/mol. The van der Waals surface area contributed by atoms with Crippen LogP contribution in [0.5, 0.6) is 0 Å². The molecule has 2 unspecified atom stereocenters. The maximum atomic E-state index is 9.23. The van der Waals surface area contributed by atoms with Crippen LogP contribution < -0.4 is 0 Å². The van der Waals surface area contributed by atoms with Crippen LogP contribution in [0.3, 0.4) is 0 Å². The van der Waals surface area contributed by atoms with E-state index in [-0.39, 0.29) is 5.41 Å². The lowest BCUT2D eigenvalue weighted by atomic mass is 9.74. The summed E-state index contributed by atoms with van der Waals surface area (Å²) >= 11 is 0. The quantitative estimate of drug-likeness (QED) is 0.579. The molecule has 0 radical (unpaired) electrons. The van der Waals surface area contributed by atoms with Gasteiger partial charge in [0, 0.05) is 0 Å². The highest BCUT2D eigenvalue weighted by molar-refractivity contribution is 5.00. The van der Waals surface area contributed by atoms with Gasteiger partial charge in [-0.3, -0.25) is 0 Å². The van der Waals surface area contributed by atoms with E-state index in [2.05, 4.69) is 46.8 Å². The maximum Gasteiger partial charge on any atom is 0.0689 e. The van der Waals surface area contributed by atoms with Crippen LogP contribution in [-0.2, 0) is 0 Å². The minimum Gasteiger partial charge on any atom is -0.198 e. The summed E-state index contributed by atoms with van der Waals surface area (Å²) in [5, 5.41) is 9.23. The van der Waals surface area contributed by atoms with E-state index < -0.39 is 0 Å². The lowest BCUT2D eigenvalue weighted by Gasteiger charge is -2.28. The Bertz CT molecular complexity index is 243. The van der Waals surface area contributed by atoms with Gasteiger partial charge in [0.2, 0.25) is 0 Å². The minimum absolute atomic E-state index is 0.135. The summed E-state index contributed by atoms with van der Waals surface area (Å²) in [7, 11) is 0. The number of allylic oxidation sites excluding steroid dienone is 2. The summed E-state index contributed by atoms with van der Waals surface area (Å²) in [6.45, 7) is 10.7. The Kier molecular flexibility index (Phi) is 6.32. The van der Waals surface area contributed by atoms with Crippen LogP contribution in [0, 0.1) is 22.7 Å². The Morgan fingerprint density at radius 3 is 2.47 bits per heavy atom. The van der Waals surface area contributed by atoms with Gasteiger partial charge in [-0.2, -0.15) is 5.26 Å². The second-order valence-electron chi connectivity index (χ2n) is 5.04. The SMILES string of the molecule is CCCC(C)(C#N)C(C)CCC=C(C)C. The van der Waals surface area contributed by atoms with E-state index in [0.29, 0.717) is 5.92 Å². The number of rotatable bonds is 6. The van der Waals surface area contributed by atoms with Crippen molar-refractivity contribution in [1.82, 2.24) is 0 Å². The summed E-state index contributed by atoms with van der Waals surface area (Å²) in [6, 6.07) is 2.50. The van der Waals surface area contributed by atoms with Gasteiger partial charge in [-0.1, -0.05) is 31.9 Å². The molecule has 0 aromatic carbocycles. The predicted octanol–water partition coefficient (Wildman–Crippen LogP) is 4.70. The molecule has 0 aromatic heterocycles. The van der Waals surface area contributed by atoms with Crippen molar-refractivity contribution in [2.24, 2.45) is 11.3 Å². The number of hydrogen-bond donors (Lipinski definition) is 0. The van der Waals surface area contributed by atoms with Gasteiger partial charge in [0.1, 0.15) is 0 Å². The van der Waals surface area contributed by atoms with Crippen molar-refractivity contribution in [3.05, 3.63) is 11.6 Å². The Labute approximate surface area is 95.2 Å². The molecule has 0 rings (SSSR count). The zero-order valence-corrected chi connectivity index (χ0v) is 10.9. The highest BCUT2D eigenvalue weighted by Crippen LogP contribution is 2.34. The largest absolute Gasteiger partial charge is 0.198 e. The van der Waals surface area contributed by atoms with E-state index in [1.54, 1.807) is 0 Å². The highest BCUT2D eigenvalue weighted by Gasteiger charge is 2.29. The minimum atomic E-state index is -0.135. The average Bonchev–Trinajstić information content (AvgIpc) is 2.17. The van der Waals surface area contributed by atoms with Gasteiger partial charge in [-0.05, 0) is 46.0 Å². The van der Waals surface area contributed by atoms with Crippen molar-refractivity contribution in [1.29, 1.82) is 5.26 Å². The molecule has 1 heteroatoms. The second-order valence-corrected chi connectivity index (χ2v) is 5.04. The third-order valence-electron chi connectivity index (χ3n) is 3.26. The van der Waals surface area contributed by atoms with Crippen molar-refractivity contribution in [2.75, 3.05) is 0 Å². The molecule has 86 valence electrons. The first kappa shape index (κ1) is 14.2. The number of nitrogens with zero attached hydrogens (tertiary/aromatic N) is 1. The van der Waals surface area contributed by atoms with Crippen LogP contribution in [0.1, 0.15) is 60.3 Å². The standard InChI is InChI=1S/C14H25N/c1-6-10-14(5,11-15)13(4)9-7-8-12(2)3/h8,13H,6-7,9-10H2,1-5H3. The smallest absolute Gasteiger partial charge is 0.0689 e. The molecule has 0 aliphatic carbocycles. The van der Waals surface area contributed by atoms with Crippen molar-refractivity contribution in [3.63, 3.8) is 0 Å². The van der Waals surface area contributed by atoms with E-state index in [1.807, 2.05) is 0 Å². The van der Waals surface area contributed by atoms with E-state index >= 15 is 0 Å². The molecule has 15 heavy (non-hydrogen) atoms. The van der Waals surface area contributed by atoms with E-state index in [9.17, 15) is 5.26 Å². The molecule has 0 saturated heterocycles. The van der Waals surface area contributed by atoms with Crippen molar-refractivity contribution in [3.8, 4) is 6.07 Å². The first-order chi connectivity index (χ1) is 6.96. The van der Waals surface area contributed by atoms with Crippen molar-refractivity contribution < 1.29 is 0 Å². The lowest BCUT2D eigenvalue weighted by Crippen LogP contribution is -2.23. The highest BCUT2D eigenvalue weighted by atomic mass is 14.4. The molecule has 0 fully saturated rings. The van der Waals surface area contributed by atoms with Gasteiger partial charge in [-0.25, -0.2) is 0 Å². The topological polar surface area (TPSA) is 23.8 Å². The molecule has 2 atom stereocenters. The first-order valence-electron chi connectivity index (χ1n) is 6.01. The lowest BCUT2D eigenvalue weighted by molar-refractivity contribution is 0.250. The Morgan fingerprint density at radius 1 is 1.47 bits per heavy atom. The molecule has 0 amide bonds. The molecule has 0 aliphatic heterocycles. The number of hydrogen-bond acceptors (Lipinski definition) is 1. The van der Waals surface area contributed by atoms with Crippen molar-refractivity contribution in [2.45, 2.75) is 60.3 Å². The van der Waals surface area contributed by atoms with Crippen LogP contribution in [0.2, 0.25) is 0 Å². The third-order valence-corrected chi connectivity index (χ3v) is 3.26. The Balaban J connectivity index is 4.23. The number of nitriles is 1. The molecule has 0 bridgehead atoms. The van der Waals surface area contributed by atoms with Gasteiger partial charge in [0.25, 0.3) is 0 Å². The summed E-state index contributed by atoms with van der Waals surface area (Å²) < 4.78 is 0. The molecular formula is C14H25N. The summed E-state index contributed by atoms with van der Waals surface area (Å²) in [5.41, 5.74) is 1.24. The molecule has 0 N–H and O–H groups in total. The van der Waals surface area contributed by atoms with Gasteiger partial charge in [0.05, 0.1) is 11.5 Å². The molecule has 0 aliphatic rings. The van der Waals surface area contributed by atoms with Gasteiger partial charge < -0.3 is 0 Å². The van der Waals surface area contributed by atoms with E-state index in [0.717, 1.165) is 25.7 Å². The van der Waals surface area contributed by atoms with Crippen LogP contribution in [0.25, 0.3) is 0 Å². The van der Waals surface area contributed by atoms with Gasteiger partial charge in [-0.15, -0.1) is 0 Å². The fourth-order valence-electron chi connectivity index (χ4n) is 1.87. The molecule has 0 aromatic rings. The zero-order valence-electron chi connectivity index (χ0n) is 10.9. The van der Waals surface area contributed by atoms with Crippen molar-refractivity contribution >= 4 is 0 Å². The third kappa shape index (κ3) is 5.02. The zero-order chi connectivity index (χ0) is 11.9. The van der Waals surface area contributed by atoms with Crippen LogP contribution in [0.15, 0.2) is 11.6 Å². The molecular weight excluding hydrogens is 182 g/mol. The van der Waals surface area contributed by atoms with Crippen LogP contribution in [0.4, 0.5) is 0 Å². The Hall–Kier alpha value is -0.770. The van der Waals surface area contributed by atoms with E-state index in [1.165, 1.54) is 5.57 Å². The summed E-state index contributed by atoms with van der Waals surface area (Å²) in [6.07, 6.45) is 6.59. The second kappa shape index (κ2) is 6.67. The van der Waals surface area contributed by atoms with Crippen LogP contribution >= 0.6 is 0 Å².